The Labute approximate surface area is 122 Å². The summed E-state index contributed by atoms with van der Waals surface area (Å²) in [4.78, 5) is 34.2. The van der Waals surface area contributed by atoms with Gasteiger partial charge in [-0.3, -0.25) is 14.4 Å². The molecule has 0 bridgehead atoms. The first-order chi connectivity index (χ1) is 9.95. The number of carbonyl (C=O) groups is 3. The fourth-order valence-electron chi connectivity index (χ4n) is 1.90. The Morgan fingerprint density at radius 3 is 2.10 bits per heavy atom. The van der Waals surface area contributed by atoms with Crippen molar-refractivity contribution in [1.82, 2.24) is 5.32 Å². The number of hydrogen-bond acceptors (Lipinski definition) is 4. The van der Waals surface area contributed by atoms with Crippen molar-refractivity contribution < 1.29 is 14.4 Å². The maximum Gasteiger partial charge on any atom is 0.248 e. The second kappa shape index (κ2) is 6.36. The molecule has 7 heteroatoms. The van der Waals surface area contributed by atoms with Gasteiger partial charge in [-0.1, -0.05) is 0 Å². The molecule has 21 heavy (non-hydrogen) atoms. The first-order valence-corrected chi connectivity index (χ1v) is 6.71. The molecule has 1 aromatic rings. The molecule has 1 aromatic carbocycles. The first kappa shape index (κ1) is 15.0. The van der Waals surface area contributed by atoms with E-state index in [9.17, 15) is 14.4 Å². The zero-order valence-corrected chi connectivity index (χ0v) is 11.5. The van der Waals surface area contributed by atoms with Gasteiger partial charge in [-0.25, -0.2) is 0 Å². The highest BCUT2D eigenvalue weighted by molar-refractivity contribution is 6.01. The summed E-state index contributed by atoms with van der Waals surface area (Å²) < 4.78 is 0. The summed E-state index contributed by atoms with van der Waals surface area (Å²) >= 11 is 0. The molecule has 1 fully saturated rings. The van der Waals surface area contributed by atoms with Crippen LogP contribution in [0.1, 0.15) is 33.6 Å². The van der Waals surface area contributed by atoms with Crippen LogP contribution in [0.2, 0.25) is 0 Å². The van der Waals surface area contributed by atoms with Gasteiger partial charge in [0.05, 0.1) is 6.54 Å². The summed E-state index contributed by atoms with van der Waals surface area (Å²) in [6.07, 6.45) is 2.41. The zero-order chi connectivity index (χ0) is 15.4. The topological polar surface area (TPSA) is 127 Å². The van der Waals surface area contributed by atoms with E-state index in [1.807, 2.05) is 0 Å². The van der Waals surface area contributed by atoms with Gasteiger partial charge in [0, 0.05) is 16.8 Å². The maximum absolute atomic E-state index is 11.8. The average Bonchev–Trinajstić information content (AvgIpc) is 3.22. The molecule has 0 aliphatic heterocycles. The third kappa shape index (κ3) is 4.57. The smallest absolute Gasteiger partial charge is 0.248 e. The minimum Gasteiger partial charge on any atom is -0.366 e. The average molecular weight is 290 g/mol. The van der Waals surface area contributed by atoms with Crippen LogP contribution in [0.25, 0.3) is 0 Å². The molecule has 1 aliphatic carbocycles. The molecule has 2 rings (SSSR count). The normalized spacial score (nSPS) is 13.7. The Morgan fingerprint density at radius 1 is 1.05 bits per heavy atom. The number of rotatable bonds is 7. The summed E-state index contributed by atoms with van der Waals surface area (Å²) in [5.41, 5.74) is 10.9. The molecule has 0 aromatic heterocycles. The quantitative estimate of drug-likeness (QED) is 0.555. The van der Waals surface area contributed by atoms with Gasteiger partial charge in [0.25, 0.3) is 0 Å². The molecule has 3 amide bonds. The Hall–Kier alpha value is -2.41. The number of anilines is 1. The van der Waals surface area contributed by atoms with Gasteiger partial charge in [-0.15, -0.1) is 0 Å². The van der Waals surface area contributed by atoms with Crippen LogP contribution < -0.4 is 22.1 Å². The lowest BCUT2D eigenvalue weighted by molar-refractivity contribution is -0.115. The second-order valence-corrected chi connectivity index (χ2v) is 5.15. The highest BCUT2D eigenvalue weighted by Gasteiger charge is 2.20. The Morgan fingerprint density at radius 2 is 1.62 bits per heavy atom. The van der Waals surface area contributed by atoms with Crippen LogP contribution in [0.3, 0.4) is 0 Å². The number of nitrogens with two attached hydrogens (primary N) is 2. The molecule has 7 nitrogen and oxygen atoms in total. The van der Waals surface area contributed by atoms with E-state index < -0.39 is 11.8 Å². The number of primary amides is 2. The summed E-state index contributed by atoms with van der Waals surface area (Å²) in [6.45, 7) is 0.991. The SMILES string of the molecule is NC(=O)c1cc(NC(=O)CNCC2CC2)cc(C(N)=O)c1. The molecule has 0 atom stereocenters. The lowest BCUT2D eigenvalue weighted by Gasteiger charge is -2.09. The van der Waals surface area contributed by atoms with Crippen LogP contribution in [0.5, 0.6) is 0 Å². The summed E-state index contributed by atoms with van der Waals surface area (Å²) in [5.74, 6) is -0.967. The third-order valence-corrected chi connectivity index (χ3v) is 3.20. The Bertz CT molecular complexity index is 549. The van der Waals surface area contributed by atoms with Gasteiger partial charge >= 0.3 is 0 Å². The van der Waals surface area contributed by atoms with Crippen LogP contribution in [-0.4, -0.2) is 30.8 Å². The molecule has 0 radical (unpaired) electrons. The van der Waals surface area contributed by atoms with Crippen LogP contribution in [0.4, 0.5) is 5.69 Å². The van der Waals surface area contributed by atoms with E-state index in [4.69, 9.17) is 11.5 Å². The minimum atomic E-state index is -0.694. The fourth-order valence-corrected chi connectivity index (χ4v) is 1.90. The predicted molar refractivity (Wildman–Crippen MR) is 77.7 cm³/mol. The highest BCUT2D eigenvalue weighted by atomic mass is 16.2. The van der Waals surface area contributed by atoms with Crippen LogP contribution >= 0.6 is 0 Å². The van der Waals surface area contributed by atoms with E-state index in [0.717, 1.165) is 6.54 Å². The Balaban J connectivity index is 2.01. The minimum absolute atomic E-state index is 0.118. The zero-order valence-electron chi connectivity index (χ0n) is 11.5. The van der Waals surface area contributed by atoms with Gasteiger partial charge in [0.2, 0.25) is 17.7 Å². The van der Waals surface area contributed by atoms with Crippen molar-refractivity contribution >= 4 is 23.4 Å². The first-order valence-electron chi connectivity index (χ1n) is 6.71. The summed E-state index contributed by atoms with van der Waals surface area (Å²) in [5, 5.41) is 5.66. The lowest BCUT2D eigenvalue weighted by atomic mass is 10.1. The molecular formula is C14H18N4O3. The van der Waals surface area contributed by atoms with E-state index in [1.165, 1.54) is 31.0 Å². The van der Waals surface area contributed by atoms with E-state index >= 15 is 0 Å². The standard InChI is InChI=1S/C14H18N4O3/c15-13(20)9-3-10(14(16)21)5-11(4-9)18-12(19)7-17-6-8-1-2-8/h3-5,8,17H,1-2,6-7H2,(H2,15,20)(H2,16,21)(H,18,19). The van der Waals surface area contributed by atoms with Crippen molar-refractivity contribution in [3.05, 3.63) is 29.3 Å². The molecule has 6 N–H and O–H groups in total. The van der Waals surface area contributed by atoms with Crippen molar-refractivity contribution in [3.8, 4) is 0 Å². The summed E-state index contributed by atoms with van der Waals surface area (Å²) in [6, 6.07) is 4.12. The number of carbonyl (C=O) groups excluding carboxylic acids is 3. The van der Waals surface area contributed by atoms with Gasteiger partial charge in [-0.2, -0.15) is 0 Å². The van der Waals surface area contributed by atoms with E-state index in [1.54, 1.807) is 0 Å². The van der Waals surface area contributed by atoms with Crippen molar-refractivity contribution in [1.29, 1.82) is 0 Å². The van der Waals surface area contributed by atoms with E-state index in [-0.39, 0.29) is 23.6 Å². The fraction of sp³-hybridized carbons (Fsp3) is 0.357. The largest absolute Gasteiger partial charge is 0.366 e. The van der Waals surface area contributed by atoms with Crippen LogP contribution in [0, 0.1) is 5.92 Å². The van der Waals surface area contributed by atoms with Gasteiger partial charge in [0.15, 0.2) is 0 Å². The number of nitrogens with one attached hydrogen (secondary N) is 2. The monoisotopic (exact) mass is 290 g/mol. The van der Waals surface area contributed by atoms with Crippen LogP contribution in [0.15, 0.2) is 18.2 Å². The number of hydrogen-bond donors (Lipinski definition) is 4. The molecular weight excluding hydrogens is 272 g/mol. The molecule has 0 unspecified atom stereocenters. The molecule has 112 valence electrons. The Kier molecular flexibility index (Phi) is 4.54. The predicted octanol–water partition coefficient (Wildman–Crippen LogP) is -0.177. The van der Waals surface area contributed by atoms with Crippen molar-refractivity contribution in [2.45, 2.75) is 12.8 Å². The van der Waals surface area contributed by atoms with Gasteiger partial charge in [0.1, 0.15) is 0 Å². The number of amides is 3. The van der Waals surface area contributed by atoms with Crippen molar-refractivity contribution in [2.75, 3.05) is 18.4 Å². The number of benzene rings is 1. The van der Waals surface area contributed by atoms with Gasteiger partial charge in [-0.05, 0) is 43.5 Å². The van der Waals surface area contributed by atoms with Crippen molar-refractivity contribution in [2.24, 2.45) is 17.4 Å². The van der Waals surface area contributed by atoms with Gasteiger partial charge < -0.3 is 22.1 Å². The van der Waals surface area contributed by atoms with Crippen LogP contribution in [-0.2, 0) is 4.79 Å². The second-order valence-electron chi connectivity index (χ2n) is 5.15. The molecule has 1 aliphatic rings. The summed E-state index contributed by atoms with van der Waals surface area (Å²) in [7, 11) is 0. The van der Waals surface area contributed by atoms with Crippen molar-refractivity contribution in [3.63, 3.8) is 0 Å². The molecule has 0 heterocycles. The van der Waals surface area contributed by atoms with E-state index in [0.29, 0.717) is 11.6 Å². The molecule has 1 saturated carbocycles. The lowest BCUT2D eigenvalue weighted by Crippen LogP contribution is -2.29. The van der Waals surface area contributed by atoms with E-state index in [2.05, 4.69) is 10.6 Å². The molecule has 0 spiro atoms. The maximum atomic E-state index is 11.8. The third-order valence-electron chi connectivity index (χ3n) is 3.20. The molecule has 0 saturated heterocycles. The highest BCUT2D eigenvalue weighted by Crippen LogP contribution is 2.27.